The Morgan fingerprint density at radius 1 is 1.05 bits per heavy atom. The normalized spacial score (nSPS) is 23.1. The fourth-order valence-corrected chi connectivity index (χ4v) is 4.57. The molecule has 2 aliphatic rings. The summed E-state index contributed by atoms with van der Waals surface area (Å²) in [5, 5.41) is 3.46. The Balaban J connectivity index is 1.88. The van der Waals surface area contributed by atoms with E-state index in [1.807, 2.05) is 0 Å². The van der Waals surface area contributed by atoms with Gasteiger partial charge in [-0.25, -0.2) is 0 Å². The molecule has 104 valence electrons. The number of hydrogen-bond acceptors (Lipinski definition) is 2. The monoisotopic (exact) mass is 386 g/mol. The molecule has 0 spiro atoms. The summed E-state index contributed by atoms with van der Waals surface area (Å²) in [6, 6.07) is 7.33. The minimum atomic E-state index is 0.602. The van der Waals surface area contributed by atoms with Gasteiger partial charge in [0.15, 0.2) is 0 Å². The van der Waals surface area contributed by atoms with E-state index in [4.69, 9.17) is 0 Å². The van der Waals surface area contributed by atoms with E-state index in [1.54, 1.807) is 0 Å². The predicted molar refractivity (Wildman–Crippen MR) is 86.4 cm³/mol. The predicted octanol–water partition coefficient (Wildman–Crippen LogP) is 3.96. The van der Waals surface area contributed by atoms with Crippen molar-refractivity contribution in [2.24, 2.45) is 5.92 Å². The fourth-order valence-electron chi connectivity index (χ4n) is 3.24. The zero-order valence-corrected chi connectivity index (χ0v) is 14.2. The smallest absolute Gasteiger partial charge is 0.0378 e. The Labute approximate surface area is 132 Å². The van der Waals surface area contributed by atoms with E-state index in [1.165, 1.54) is 46.9 Å². The molecule has 0 bridgehead atoms. The highest BCUT2D eigenvalue weighted by atomic mass is 79.9. The lowest BCUT2D eigenvalue weighted by atomic mass is 9.76. The largest absolute Gasteiger partial charge is 0.314 e. The van der Waals surface area contributed by atoms with Crippen LogP contribution in [0.1, 0.15) is 30.9 Å². The SMILES string of the molecule is Brc1cc(Br)cc([C@H](C2CCC2)N2CCNCC2)c1. The summed E-state index contributed by atoms with van der Waals surface area (Å²) in [6.07, 6.45) is 4.18. The van der Waals surface area contributed by atoms with E-state index in [-0.39, 0.29) is 0 Å². The molecule has 1 aromatic carbocycles. The quantitative estimate of drug-likeness (QED) is 0.844. The van der Waals surface area contributed by atoms with Gasteiger partial charge in [-0.15, -0.1) is 0 Å². The van der Waals surface area contributed by atoms with E-state index in [0.717, 1.165) is 19.0 Å². The lowest BCUT2D eigenvalue weighted by Crippen LogP contribution is -2.47. The molecule has 1 saturated carbocycles. The van der Waals surface area contributed by atoms with Crippen molar-refractivity contribution >= 4 is 31.9 Å². The fraction of sp³-hybridized carbons (Fsp3) is 0.600. The Morgan fingerprint density at radius 3 is 2.21 bits per heavy atom. The number of rotatable bonds is 3. The topological polar surface area (TPSA) is 15.3 Å². The van der Waals surface area contributed by atoms with Crippen LogP contribution in [0.3, 0.4) is 0 Å². The second-order valence-electron chi connectivity index (χ2n) is 5.62. The van der Waals surface area contributed by atoms with Crippen LogP contribution in [0.15, 0.2) is 27.1 Å². The van der Waals surface area contributed by atoms with E-state index in [0.29, 0.717) is 6.04 Å². The molecule has 2 nitrogen and oxygen atoms in total. The Bertz CT molecular complexity index is 420. The average molecular weight is 388 g/mol. The molecule has 1 saturated heterocycles. The molecular formula is C15H20Br2N2. The highest BCUT2D eigenvalue weighted by Crippen LogP contribution is 2.42. The third kappa shape index (κ3) is 3.23. The third-order valence-corrected chi connectivity index (χ3v) is 5.28. The molecule has 1 atom stereocenters. The maximum atomic E-state index is 3.63. The van der Waals surface area contributed by atoms with E-state index >= 15 is 0 Å². The first-order valence-electron chi connectivity index (χ1n) is 7.15. The zero-order valence-electron chi connectivity index (χ0n) is 11.0. The van der Waals surface area contributed by atoms with Crippen LogP contribution < -0.4 is 5.32 Å². The number of nitrogens with one attached hydrogen (secondary N) is 1. The number of piperazine rings is 1. The van der Waals surface area contributed by atoms with Gasteiger partial charge >= 0.3 is 0 Å². The summed E-state index contributed by atoms with van der Waals surface area (Å²) >= 11 is 7.27. The van der Waals surface area contributed by atoms with Crippen LogP contribution in [-0.2, 0) is 0 Å². The molecule has 0 amide bonds. The highest BCUT2D eigenvalue weighted by Gasteiger charge is 2.33. The molecule has 19 heavy (non-hydrogen) atoms. The van der Waals surface area contributed by atoms with Gasteiger partial charge in [-0.3, -0.25) is 4.90 Å². The molecule has 3 rings (SSSR count). The minimum absolute atomic E-state index is 0.602. The van der Waals surface area contributed by atoms with Gasteiger partial charge in [0.05, 0.1) is 0 Å². The molecule has 4 heteroatoms. The number of halogens is 2. The van der Waals surface area contributed by atoms with Crippen molar-refractivity contribution < 1.29 is 0 Å². The van der Waals surface area contributed by atoms with Crippen LogP contribution in [0.2, 0.25) is 0 Å². The molecule has 1 aliphatic heterocycles. The molecule has 0 unspecified atom stereocenters. The Kier molecular flexibility index (Phi) is 4.62. The van der Waals surface area contributed by atoms with Gasteiger partial charge in [-0.05, 0) is 42.5 Å². The Morgan fingerprint density at radius 2 is 1.68 bits per heavy atom. The number of nitrogens with zero attached hydrogens (tertiary/aromatic N) is 1. The summed E-state index contributed by atoms with van der Waals surface area (Å²) in [7, 11) is 0. The van der Waals surface area contributed by atoms with Crippen molar-refractivity contribution in [2.45, 2.75) is 25.3 Å². The summed E-state index contributed by atoms with van der Waals surface area (Å²) in [5.74, 6) is 0.847. The van der Waals surface area contributed by atoms with Crippen molar-refractivity contribution in [1.29, 1.82) is 0 Å². The molecular weight excluding hydrogens is 368 g/mol. The van der Waals surface area contributed by atoms with Crippen molar-refractivity contribution in [3.8, 4) is 0 Å². The van der Waals surface area contributed by atoms with Crippen LogP contribution in [0.5, 0.6) is 0 Å². The number of benzene rings is 1. The van der Waals surface area contributed by atoms with Crippen LogP contribution in [0.4, 0.5) is 0 Å². The maximum absolute atomic E-state index is 3.63. The molecule has 0 radical (unpaired) electrons. The van der Waals surface area contributed by atoms with Gasteiger partial charge in [-0.1, -0.05) is 38.3 Å². The standard InChI is InChI=1S/C15H20Br2N2/c16-13-8-12(9-14(17)10-13)15(11-2-1-3-11)19-6-4-18-5-7-19/h8-11,15,18H,1-7H2/t15-/m0/s1. The summed E-state index contributed by atoms with van der Waals surface area (Å²) in [4.78, 5) is 2.68. The van der Waals surface area contributed by atoms with Gasteiger partial charge in [-0.2, -0.15) is 0 Å². The van der Waals surface area contributed by atoms with Gasteiger partial charge in [0.1, 0.15) is 0 Å². The van der Waals surface area contributed by atoms with Crippen LogP contribution >= 0.6 is 31.9 Å². The van der Waals surface area contributed by atoms with Crippen molar-refractivity contribution in [3.63, 3.8) is 0 Å². The van der Waals surface area contributed by atoms with E-state index < -0.39 is 0 Å². The second-order valence-corrected chi connectivity index (χ2v) is 7.46. The minimum Gasteiger partial charge on any atom is -0.314 e. The van der Waals surface area contributed by atoms with Crippen molar-refractivity contribution in [1.82, 2.24) is 10.2 Å². The van der Waals surface area contributed by atoms with Gasteiger partial charge in [0.25, 0.3) is 0 Å². The van der Waals surface area contributed by atoms with Gasteiger partial charge in [0, 0.05) is 41.2 Å². The zero-order chi connectivity index (χ0) is 13.2. The molecule has 0 aromatic heterocycles. The van der Waals surface area contributed by atoms with E-state index in [2.05, 4.69) is 60.3 Å². The average Bonchev–Trinajstić information content (AvgIpc) is 2.33. The van der Waals surface area contributed by atoms with Crippen molar-refractivity contribution in [2.75, 3.05) is 26.2 Å². The van der Waals surface area contributed by atoms with Crippen molar-refractivity contribution in [3.05, 3.63) is 32.7 Å². The number of hydrogen-bond donors (Lipinski definition) is 1. The maximum Gasteiger partial charge on any atom is 0.0378 e. The lowest BCUT2D eigenvalue weighted by Gasteiger charge is -2.43. The summed E-state index contributed by atoms with van der Waals surface area (Å²) in [5.41, 5.74) is 1.47. The van der Waals surface area contributed by atoms with Crippen LogP contribution in [0, 0.1) is 5.92 Å². The van der Waals surface area contributed by atoms with E-state index in [9.17, 15) is 0 Å². The highest BCUT2D eigenvalue weighted by molar-refractivity contribution is 9.11. The Hall–Kier alpha value is 0.1000. The summed E-state index contributed by atoms with van der Waals surface area (Å²) < 4.78 is 2.35. The third-order valence-electron chi connectivity index (χ3n) is 4.37. The van der Waals surface area contributed by atoms with Gasteiger partial charge in [0.2, 0.25) is 0 Å². The molecule has 1 aliphatic carbocycles. The second kappa shape index (κ2) is 6.25. The molecule has 2 fully saturated rings. The molecule has 1 N–H and O–H groups in total. The van der Waals surface area contributed by atoms with Crippen LogP contribution in [-0.4, -0.2) is 31.1 Å². The first kappa shape index (κ1) is 14.1. The first-order valence-corrected chi connectivity index (χ1v) is 8.73. The lowest BCUT2D eigenvalue weighted by molar-refractivity contribution is 0.0836. The van der Waals surface area contributed by atoms with Gasteiger partial charge < -0.3 is 5.32 Å². The summed E-state index contributed by atoms with van der Waals surface area (Å²) in [6.45, 7) is 4.59. The first-order chi connectivity index (χ1) is 9.24. The molecule has 1 heterocycles. The molecule has 1 aromatic rings. The van der Waals surface area contributed by atoms with Crippen LogP contribution in [0.25, 0.3) is 0 Å².